The minimum absolute atomic E-state index is 0.0659. The smallest absolute Gasteiger partial charge is 0.271 e. The maximum atomic E-state index is 11.7. The van der Waals surface area contributed by atoms with Gasteiger partial charge in [-0.05, 0) is 31.2 Å². The molecule has 6 heteroatoms. The number of nitrogens with one attached hydrogen (secondary N) is 3. The molecule has 0 aliphatic heterocycles. The van der Waals surface area contributed by atoms with Crippen LogP contribution in [-0.2, 0) is 4.79 Å². The second-order valence-corrected chi connectivity index (χ2v) is 4.46. The number of hydrazine groups is 1. The number of nitrogens with zero attached hydrogens (tertiary/aromatic N) is 1. The molecule has 0 fully saturated rings. The highest BCUT2D eigenvalue weighted by molar-refractivity contribution is 5.95. The van der Waals surface area contributed by atoms with Crippen LogP contribution in [0.5, 0.6) is 0 Å². The Balaban J connectivity index is 1.75. The third-order valence-corrected chi connectivity index (χ3v) is 2.74. The van der Waals surface area contributed by atoms with E-state index in [4.69, 9.17) is 0 Å². The SMILES string of the molecule is Cc1ccc(NCC(=O)NNC(=O)c2cccnc2)cc1. The number of pyridine rings is 1. The van der Waals surface area contributed by atoms with Gasteiger partial charge in [-0.1, -0.05) is 17.7 Å². The predicted molar refractivity (Wildman–Crippen MR) is 79.5 cm³/mol. The number of carbonyl (C=O) groups excluding carboxylic acids is 2. The first kappa shape index (κ1) is 14.5. The number of aromatic nitrogens is 1. The quantitative estimate of drug-likeness (QED) is 0.738. The van der Waals surface area contributed by atoms with E-state index in [1.165, 1.54) is 6.20 Å². The van der Waals surface area contributed by atoms with Crippen molar-refractivity contribution < 1.29 is 9.59 Å². The van der Waals surface area contributed by atoms with Crippen molar-refractivity contribution in [3.8, 4) is 0 Å². The Bertz CT molecular complexity index is 611. The van der Waals surface area contributed by atoms with Crippen LogP contribution in [0.2, 0.25) is 0 Å². The number of hydrogen-bond acceptors (Lipinski definition) is 4. The number of carbonyl (C=O) groups is 2. The molecule has 2 amide bonds. The Morgan fingerprint density at radius 3 is 2.52 bits per heavy atom. The van der Waals surface area contributed by atoms with Gasteiger partial charge in [0.25, 0.3) is 11.8 Å². The summed E-state index contributed by atoms with van der Waals surface area (Å²) >= 11 is 0. The van der Waals surface area contributed by atoms with Crippen molar-refractivity contribution in [2.24, 2.45) is 0 Å². The summed E-state index contributed by atoms with van der Waals surface area (Å²) in [5.41, 5.74) is 7.03. The van der Waals surface area contributed by atoms with Gasteiger partial charge in [0, 0.05) is 18.1 Å². The summed E-state index contributed by atoms with van der Waals surface area (Å²) < 4.78 is 0. The highest BCUT2D eigenvalue weighted by Gasteiger charge is 2.06. The maximum absolute atomic E-state index is 11.7. The van der Waals surface area contributed by atoms with Crippen LogP contribution < -0.4 is 16.2 Å². The minimum Gasteiger partial charge on any atom is -0.376 e. The zero-order valence-corrected chi connectivity index (χ0v) is 11.6. The van der Waals surface area contributed by atoms with Gasteiger partial charge in [-0.2, -0.15) is 0 Å². The van der Waals surface area contributed by atoms with E-state index in [0.717, 1.165) is 11.3 Å². The third kappa shape index (κ3) is 4.61. The third-order valence-electron chi connectivity index (χ3n) is 2.74. The van der Waals surface area contributed by atoms with Crippen molar-refractivity contribution in [3.05, 3.63) is 59.9 Å². The predicted octanol–water partition coefficient (Wildman–Crippen LogP) is 1.26. The summed E-state index contributed by atoms with van der Waals surface area (Å²) in [6.45, 7) is 2.06. The molecule has 2 aromatic rings. The lowest BCUT2D eigenvalue weighted by atomic mass is 10.2. The lowest BCUT2D eigenvalue weighted by Gasteiger charge is -2.09. The molecule has 108 valence electrons. The minimum atomic E-state index is -0.410. The molecule has 0 aliphatic rings. The fourth-order valence-electron chi connectivity index (χ4n) is 1.59. The van der Waals surface area contributed by atoms with Crippen LogP contribution in [0.1, 0.15) is 15.9 Å². The monoisotopic (exact) mass is 284 g/mol. The van der Waals surface area contributed by atoms with Gasteiger partial charge in [0.05, 0.1) is 12.1 Å². The van der Waals surface area contributed by atoms with E-state index in [1.807, 2.05) is 31.2 Å². The van der Waals surface area contributed by atoms with Gasteiger partial charge in [0.15, 0.2) is 0 Å². The van der Waals surface area contributed by atoms with Crippen molar-refractivity contribution in [3.63, 3.8) is 0 Å². The van der Waals surface area contributed by atoms with E-state index in [9.17, 15) is 9.59 Å². The van der Waals surface area contributed by atoms with Gasteiger partial charge in [0.2, 0.25) is 0 Å². The highest BCUT2D eigenvalue weighted by atomic mass is 16.2. The topological polar surface area (TPSA) is 83.1 Å². The highest BCUT2D eigenvalue weighted by Crippen LogP contribution is 2.07. The Morgan fingerprint density at radius 1 is 1.10 bits per heavy atom. The molecule has 0 unspecified atom stereocenters. The Kier molecular flexibility index (Phi) is 4.87. The zero-order chi connectivity index (χ0) is 15.1. The molecule has 1 aromatic carbocycles. The van der Waals surface area contributed by atoms with Crippen molar-refractivity contribution >= 4 is 17.5 Å². The number of aryl methyl sites for hydroxylation is 1. The first-order valence-electron chi connectivity index (χ1n) is 6.45. The van der Waals surface area contributed by atoms with Gasteiger partial charge >= 0.3 is 0 Å². The van der Waals surface area contributed by atoms with Crippen molar-refractivity contribution in [1.29, 1.82) is 0 Å². The molecule has 0 saturated heterocycles. The van der Waals surface area contributed by atoms with Crippen molar-refractivity contribution in [2.45, 2.75) is 6.92 Å². The number of benzene rings is 1. The molecule has 1 heterocycles. The van der Waals surface area contributed by atoms with Crippen LogP contribution in [0.15, 0.2) is 48.8 Å². The number of hydrogen-bond donors (Lipinski definition) is 3. The van der Waals surface area contributed by atoms with Gasteiger partial charge in [-0.3, -0.25) is 25.4 Å². The molecular formula is C15H16N4O2. The van der Waals surface area contributed by atoms with E-state index in [0.29, 0.717) is 5.56 Å². The first-order valence-corrected chi connectivity index (χ1v) is 6.45. The molecule has 2 rings (SSSR count). The molecule has 3 N–H and O–H groups in total. The molecule has 1 aromatic heterocycles. The van der Waals surface area contributed by atoms with Crippen LogP contribution in [0, 0.1) is 6.92 Å². The summed E-state index contributed by atoms with van der Waals surface area (Å²) in [5.74, 6) is -0.750. The van der Waals surface area contributed by atoms with Crippen molar-refractivity contribution in [2.75, 3.05) is 11.9 Å². The van der Waals surface area contributed by atoms with Gasteiger partial charge < -0.3 is 5.32 Å². The molecule has 6 nitrogen and oxygen atoms in total. The van der Waals surface area contributed by atoms with Crippen LogP contribution in [0.25, 0.3) is 0 Å². The van der Waals surface area contributed by atoms with E-state index in [-0.39, 0.29) is 12.5 Å². The van der Waals surface area contributed by atoms with Crippen LogP contribution in [0.4, 0.5) is 5.69 Å². The number of anilines is 1. The Morgan fingerprint density at radius 2 is 1.86 bits per heavy atom. The summed E-state index contributed by atoms with van der Waals surface area (Å²) in [5, 5.41) is 2.96. The Labute approximate surface area is 122 Å². The number of rotatable bonds is 4. The number of amides is 2. The van der Waals surface area contributed by atoms with Crippen LogP contribution >= 0.6 is 0 Å². The molecule has 21 heavy (non-hydrogen) atoms. The standard InChI is InChI=1S/C15H16N4O2/c1-11-4-6-13(7-5-11)17-10-14(20)18-19-15(21)12-3-2-8-16-9-12/h2-9,17H,10H2,1H3,(H,18,20)(H,19,21). The molecule has 0 spiro atoms. The van der Waals surface area contributed by atoms with Crippen LogP contribution in [-0.4, -0.2) is 23.3 Å². The van der Waals surface area contributed by atoms with E-state index in [2.05, 4.69) is 21.2 Å². The van der Waals surface area contributed by atoms with Gasteiger partial charge in [-0.25, -0.2) is 0 Å². The summed E-state index contributed by atoms with van der Waals surface area (Å²) in [7, 11) is 0. The van der Waals surface area contributed by atoms with Gasteiger partial charge in [-0.15, -0.1) is 0 Å². The van der Waals surface area contributed by atoms with Crippen molar-refractivity contribution in [1.82, 2.24) is 15.8 Å². The summed E-state index contributed by atoms with van der Waals surface area (Å²) in [6, 6.07) is 10.9. The maximum Gasteiger partial charge on any atom is 0.271 e. The summed E-state index contributed by atoms with van der Waals surface area (Å²) in [6.07, 6.45) is 2.99. The average Bonchev–Trinajstić information content (AvgIpc) is 2.53. The van der Waals surface area contributed by atoms with Gasteiger partial charge in [0.1, 0.15) is 0 Å². The average molecular weight is 284 g/mol. The zero-order valence-electron chi connectivity index (χ0n) is 11.6. The van der Waals surface area contributed by atoms with E-state index in [1.54, 1.807) is 18.3 Å². The largest absolute Gasteiger partial charge is 0.376 e. The second-order valence-electron chi connectivity index (χ2n) is 4.46. The lowest BCUT2D eigenvalue weighted by Crippen LogP contribution is -2.44. The lowest BCUT2D eigenvalue weighted by molar-refractivity contribution is -0.120. The van der Waals surface area contributed by atoms with Crippen LogP contribution in [0.3, 0.4) is 0 Å². The molecule has 0 aliphatic carbocycles. The molecule has 0 radical (unpaired) electrons. The fraction of sp³-hybridized carbons (Fsp3) is 0.133. The van der Waals surface area contributed by atoms with E-state index < -0.39 is 5.91 Å². The summed E-state index contributed by atoms with van der Waals surface area (Å²) in [4.78, 5) is 27.1. The normalized spacial score (nSPS) is 9.76. The molecule has 0 atom stereocenters. The molecule has 0 bridgehead atoms. The molecule has 0 saturated carbocycles. The van der Waals surface area contributed by atoms with E-state index >= 15 is 0 Å². The second kappa shape index (κ2) is 7.04. The first-order chi connectivity index (χ1) is 10.1. The fourth-order valence-corrected chi connectivity index (χ4v) is 1.59. The molecular weight excluding hydrogens is 268 g/mol. The Hall–Kier alpha value is -2.89.